The van der Waals surface area contributed by atoms with Crippen LogP contribution >= 0.6 is 0 Å². The van der Waals surface area contributed by atoms with Crippen molar-refractivity contribution < 1.29 is 9.50 Å². The average Bonchev–Trinajstić information content (AvgIpc) is 2.31. The van der Waals surface area contributed by atoms with E-state index in [1.165, 1.54) is 12.5 Å². The third-order valence-corrected chi connectivity index (χ3v) is 3.57. The highest BCUT2D eigenvalue weighted by atomic mass is 19.1. The molecule has 2 rings (SSSR count). The van der Waals surface area contributed by atoms with Crippen molar-refractivity contribution in [2.75, 3.05) is 11.4 Å². The zero-order valence-corrected chi connectivity index (χ0v) is 10.5. The van der Waals surface area contributed by atoms with Crippen LogP contribution in [0.25, 0.3) is 0 Å². The maximum Gasteiger partial charge on any atom is 0.125 e. The zero-order chi connectivity index (χ0) is 12.4. The Morgan fingerprint density at radius 2 is 2.06 bits per heavy atom. The molecule has 0 aliphatic carbocycles. The Kier molecular flexibility index (Phi) is 3.67. The minimum Gasteiger partial charge on any atom is -0.392 e. The summed E-state index contributed by atoms with van der Waals surface area (Å²) in [7, 11) is 0. The second-order valence-corrected chi connectivity index (χ2v) is 5.16. The molecule has 2 atom stereocenters. The summed E-state index contributed by atoms with van der Waals surface area (Å²) >= 11 is 0. The van der Waals surface area contributed by atoms with Gasteiger partial charge in [0.05, 0.1) is 6.61 Å². The Morgan fingerprint density at radius 1 is 1.29 bits per heavy atom. The van der Waals surface area contributed by atoms with E-state index in [1.54, 1.807) is 6.07 Å². The third kappa shape index (κ3) is 2.78. The normalized spacial score (nSPS) is 25.1. The summed E-state index contributed by atoms with van der Waals surface area (Å²) in [6.07, 6.45) is 2.38. The minimum atomic E-state index is -0.267. The van der Waals surface area contributed by atoms with Crippen molar-refractivity contribution in [1.82, 2.24) is 0 Å². The fraction of sp³-hybridized carbons (Fsp3) is 0.571. The van der Waals surface area contributed by atoms with E-state index in [9.17, 15) is 4.39 Å². The number of benzene rings is 1. The SMILES string of the molecule is CC1CCC(C)N(c2cc(F)cc(CO)c2)C1. The summed E-state index contributed by atoms with van der Waals surface area (Å²) in [4.78, 5) is 2.25. The molecule has 1 heterocycles. The third-order valence-electron chi connectivity index (χ3n) is 3.57. The number of piperidine rings is 1. The quantitative estimate of drug-likeness (QED) is 0.855. The molecule has 1 aromatic rings. The van der Waals surface area contributed by atoms with E-state index in [-0.39, 0.29) is 12.4 Å². The van der Waals surface area contributed by atoms with Crippen LogP contribution in [0.4, 0.5) is 10.1 Å². The van der Waals surface area contributed by atoms with E-state index in [0.717, 1.165) is 18.7 Å². The van der Waals surface area contributed by atoms with Crippen LogP contribution in [0.2, 0.25) is 0 Å². The van der Waals surface area contributed by atoms with Crippen molar-refractivity contribution in [3.05, 3.63) is 29.6 Å². The van der Waals surface area contributed by atoms with Gasteiger partial charge >= 0.3 is 0 Å². The standard InChI is InChI=1S/C14H20FNO/c1-10-3-4-11(2)16(8-10)14-6-12(9-17)5-13(15)7-14/h5-7,10-11,17H,3-4,8-9H2,1-2H3. The van der Waals surface area contributed by atoms with E-state index in [0.29, 0.717) is 17.5 Å². The topological polar surface area (TPSA) is 23.5 Å². The van der Waals surface area contributed by atoms with Gasteiger partial charge in [0.25, 0.3) is 0 Å². The lowest BCUT2D eigenvalue weighted by atomic mass is 9.94. The number of aliphatic hydroxyl groups excluding tert-OH is 1. The largest absolute Gasteiger partial charge is 0.392 e. The lowest BCUT2D eigenvalue weighted by molar-refractivity contribution is 0.281. The van der Waals surface area contributed by atoms with Crippen LogP contribution in [0.3, 0.4) is 0 Å². The summed E-state index contributed by atoms with van der Waals surface area (Å²) in [5, 5.41) is 9.12. The molecule has 0 spiro atoms. The average molecular weight is 237 g/mol. The minimum absolute atomic E-state index is 0.109. The molecule has 17 heavy (non-hydrogen) atoms. The zero-order valence-electron chi connectivity index (χ0n) is 10.5. The van der Waals surface area contributed by atoms with E-state index < -0.39 is 0 Å². The number of aliphatic hydroxyl groups is 1. The molecule has 1 aliphatic rings. The molecule has 94 valence electrons. The first-order chi connectivity index (χ1) is 8.10. The highest BCUT2D eigenvalue weighted by Crippen LogP contribution is 2.28. The number of hydrogen-bond acceptors (Lipinski definition) is 2. The van der Waals surface area contributed by atoms with E-state index in [4.69, 9.17) is 5.11 Å². The molecular formula is C14H20FNO. The first kappa shape index (κ1) is 12.4. The maximum atomic E-state index is 13.5. The van der Waals surface area contributed by atoms with Gasteiger partial charge in [0.2, 0.25) is 0 Å². The molecular weight excluding hydrogens is 217 g/mol. The van der Waals surface area contributed by atoms with Crippen molar-refractivity contribution in [1.29, 1.82) is 0 Å². The molecule has 0 saturated carbocycles. The fourth-order valence-electron chi connectivity index (χ4n) is 2.54. The van der Waals surface area contributed by atoms with Crippen LogP contribution in [-0.4, -0.2) is 17.7 Å². The Morgan fingerprint density at radius 3 is 2.76 bits per heavy atom. The molecule has 1 saturated heterocycles. The molecule has 1 aliphatic heterocycles. The number of hydrogen-bond donors (Lipinski definition) is 1. The van der Waals surface area contributed by atoms with Gasteiger partial charge in [-0.15, -0.1) is 0 Å². The van der Waals surface area contributed by atoms with Crippen molar-refractivity contribution in [3.63, 3.8) is 0 Å². The second kappa shape index (κ2) is 5.05. The van der Waals surface area contributed by atoms with Gasteiger partial charge in [-0.1, -0.05) is 6.92 Å². The van der Waals surface area contributed by atoms with Crippen LogP contribution in [-0.2, 0) is 6.61 Å². The molecule has 1 aromatic carbocycles. The predicted octanol–water partition coefficient (Wildman–Crippen LogP) is 2.94. The number of halogens is 1. The Bertz CT molecular complexity index is 394. The molecule has 0 amide bonds. The van der Waals surface area contributed by atoms with Crippen LogP contribution < -0.4 is 4.90 Å². The van der Waals surface area contributed by atoms with Gasteiger partial charge in [-0.2, -0.15) is 0 Å². The molecule has 0 aromatic heterocycles. The van der Waals surface area contributed by atoms with Crippen LogP contribution in [0.1, 0.15) is 32.3 Å². The van der Waals surface area contributed by atoms with Gasteiger partial charge in [0.15, 0.2) is 0 Å². The van der Waals surface area contributed by atoms with Crippen molar-refractivity contribution in [3.8, 4) is 0 Å². The maximum absolute atomic E-state index is 13.5. The first-order valence-corrected chi connectivity index (χ1v) is 6.27. The molecule has 1 N–H and O–H groups in total. The van der Waals surface area contributed by atoms with Crippen LogP contribution in [0, 0.1) is 11.7 Å². The molecule has 0 radical (unpaired) electrons. The van der Waals surface area contributed by atoms with Crippen LogP contribution in [0.15, 0.2) is 18.2 Å². The summed E-state index contributed by atoms with van der Waals surface area (Å²) in [6.45, 7) is 5.26. The highest BCUT2D eigenvalue weighted by molar-refractivity contribution is 5.50. The Hall–Kier alpha value is -1.09. The summed E-state index contributed by atoms with van der Waals surface area (Å²) in [5.41, 5.74) is 1.54. The lowest BCUT2D eigenvalue weighted by Gasteiger charge is -2.38. The number of anilines is 1. The summed E-state index contributed by atoms with van der Waals surface area (Å²) < 4.78 is 13.5. The van der Waals surface area contributed by atoms with Gasteiger partial charge in [-0.3, -0.25) is 0 Å². The Balaban J connectivity index is 2.28. The van der Waals surface area contributed by atoms with Crippen LogP contribution in [0.5, 0.6) is 0 Å². The van der Waals surface area contributed by atoms with Gasteiger partial charge < -0.3 is 10.0 Å². The van der Waals surface area contributed by atoms with E-state index in [2.05, 4.69) is 18.7 Å². The van der Waals surface area contributed by atoms with Crippen molar-refractivity contribution >= 4 is 5.69 Å². The molecule has 0 bridgehead atoms. The van der Waals surface area contributed by atoms with E-state index in [1.807, 2.05) is 6.07 Å². The summed E-state index contributed by atoms with van der Waals surface area (Å²) in [5.74, 6) is 0.379. The second-order valence-electron chi connectivity index (χ2n) is 5.16. The first-order valence-electron chi connectivity index (χ1n) is 6.27. The van der Waals surface area contributed by atoms with Gasteiger partial charge in [0, 0.05) is 18.3 Å². The lowest BCUT2D eigenvalue weighted by Crippen LogP contribution is -2.41. The Labute approximate surface area is 102 Å². The van der Waals surface area contributed by atoms with Gasteiger partial charge in [0.1, 0.15) is 5.82 Å². The van der Waals surface area contributed by atoms with Crippen molar-refractivity contribution in [2.45, 2.75) is 39.3 Å². The molecule has 1 fully saturated rings. The van der Waals surface area contributed by atoms with E-state index >= 15 is 0 Å². The number of nitrogens with zero attached hydrogens (tertiary/aromatic N) is 1. The molecule has 2 nitrogen and oxygen atoms in total. The number of rotatable bonds is 2. The highest BCUT2D eigenvalue weighted by Gasteiger charge is 2.23. The summed E-state index contributed by atoms with van der Waals surface area (Å²) in [6, 6.07) is 5.28. The van der Waals surface area contributed by atoms with Crippen molar-refractivity contribution in [2.24, 2.45) is 5.92 Å². The molecule has 3 heteroatoms. The van der Waals surface area contributed by atoms with Gasteiger partial charge in [-0.05, 0) is 49.4 Å². The fourth-order valence-corrected chi connectivity index (χ4v) is 2.54. The smallest absolute Gasteiger partial charge is 0.125 e. The molecule has 2 unspecified atom stereocenters. The predicted molar refractivity (Wildman–Crippen MR) is 67.5 cm³/mol. The monoisotopic (exact) mass is 237 g/mol. The van der Waals surface area contributed by atoms with Gasteiger partial charge in [-0.25, -0.2) is 4.39 Å².